The van der Waals surface area contributed by atoms with Crippen LogP contribution in [0, 0.1) is 6.92 Å². The Hall–Kier alpha value is -6.13. The van der Waals surface area contributed by atoms with Gasteiger partial charge in [-0.15, -0.1) is 0 Å². The third-order valence-corrected chi connectivity index (χ3v) is 8.84. The average Bonchev–Trinajstić information content (AvgIpc) is 3.51. The molecule has 0 bridgehead atoms. The summed E-state index contributed by atoms with van der Waals surface area (Å²) in [5, 5.41) is 6.96. The van der Waals surface area contributed by atoms with Crippen LogP contribution in [-0.4, -0.2) is 15.0 Å². The zero-order chi connectivity index (χ0) is 30.6. The highest BCUT2D eigenvalue weighted by Crippen LogP contribution is 2.38. The Bertz CT molecular complexity index is 2500. The van der Waals surface area contributed by atoms with Gasteiger partial charge in [0.2, 0.25) is 0 Å². The molecule has 0 unspecified atom stereocenters. The number of aromatic nitrogens is 3. The summed E-state index contributed by atoms with van der Waals surface area (Å²) in [5.41, 5.74) is 7.98. The number of para-hydroxylation sites is 1. The fourth-order valence-electron chi connectivity index (χ4n) is 6.47. The zero-order valence-electron chi connectivity index (χ0n) is 25.1. The van der Waals surface area contributed by atoms with E-state index in [2.05, 4.69) is 140 Å². The molecule has 9 aromatic rings. The first-order valence-electron chi connectivity index (χ1n) is 15.4. The zero-order valence-corrected chi connectivity index (χ0v) is 25.1. The van der Waals surface area contributed by atoms with Gasteiger partial charge >= 0.3 is 0 Å². The van der Waals surface area contributed by atoms with Crippen molar-refractivity contribution in [2.75, 3.05) is 0 Å². The smallest absolute Gasteiger partial charge is 0.164 e. The number of benzene rings is 7. The van der Waals surface area contributed by atoms with Gasteiger partial charge in [-0.25, -0.2) is 15.0 Å². The van der Waals surface area contributed by atoms with E-state index < -0.39 is 0 Å². The van der Waals surface area contributed by atoms with E-state index in [0.29, 0.717) is 17.5 Å². The number of furan rings is 1. The van der Waals surface area contributed by atoms with Crippen LogP contribution in [0.25, 0.3) is 88.8 Å². The van der Waals surface area contributed by atoms with Crippen molar-refractivity contribution in [2.45, 2.75) is 6.92 Å². The summed E-state index contributed by atoms with van der Waals surface area (Å²) in [7, 11) is 0. The number of nitrogens with zero attached hydrogens (tertiary/aromatic N) is 3. The minimum Gasteiger partial charge on any atom is -0.455 e. The quantitative estimate of drug-likeness (QED) is 0.205. The average molecular weight is 590 g/mol. The van der Waals surface area contributed by atoms with Crippen LogP contribution in [-0.2, 0) is 0 Å². The van der Waals surface area contributed by atoms with E-state index in [1.54, 1.807) is 0 Å². The number of rotatable bonds is 4. The molecule has 0 N–H and O–H groups in total. The minimum absolute atomic E-state index is 0.630. The first kappa shape index (κ1) is 26.3. The van der Waals surface area contributed by atoms with Crippen LogP contribution in [0.1, 0.15) is 5.56 Å². The second-order valence-electron chi connectivity index (χ2n) is 11.7. The van der Waals surface area contributed by atoms with Crippen LogP contribution >= 0.6 is 0 Å². The minimum atomic E-state index is 0.630. The number of hydrogen-bond acceptors (Lipinski definition) is 4. The van der Waals surface area contributed by atoms with Crippen molar-refractivity contribution in [2.24, 2.45) is 0 Å². The van der Waals surface area contributed by atoms with Gasteiger partial charge in [0, 0.05) is 33.0 Å². The molecule has 4 nitrogen and oxygen atoms in total. The van der Waals surface area contributed by atoms with Gasteiger partial charge in [-0.05, 0) is 57.8 Å². The Morgan fingerprint density at radius 1 is 0.435 bits per heavy atom. The standard InChI is InChI=1S/C42H27N3O/c1-26-8-6-15-37-38(26)36-14-7-13-35(39(36)46-37)29-18-20-30(21-19-29)40-43-41(33-22-16-27-9-2-4-11-31(27)24-33)45-42(44-40)34-23-17-28-10-3-5-12-32(28)25-34/h2-25H,1H3. The van der Waals surface area contributed by atoms with E-state index >= 15 is 0 Å². The molecule has 2 heterocycles. The number of fused-ring (bicyclic) bond motifs is 5. The summed E-state index contributed by atoms with van der Waals surface area (Å²) >= 11 is 0. The molecule has 0 aliphatic rings. The lowest BCUT2D eigenvalue weighted by Crippen LogP contribution is -2.00. The molecule has 0 fully saturated rings. The Balaban J connectivity index is 1.18. The third-order valence-electron chi connectivity index (χ3n) is 8.84. The Labute approximate surface area is 265 Å². The van der Waals surface area contributed by atoms with Crippen LogP contribution in [0.5, 0.6) is 0 Å². The highest BCUT2D eigenvalue weighted by molar-refractivity contribution is 6.11. The van der Waals surface area contributed by atoms with Gasteiger partial charge in [0.05, 0.1) is 0 Å². The number of aryl methyl sites for hydroxylation is 1. The van der Waals surface area contributed by atoms with E-state index in [1.165, 1.54) is 21.7 Å². The lowest BCUT2D eigenvalue weighted by Gasteiger charge is -2.10. The first-order valence-corrected chi connectivity index (χ1v) is 15.4. The maximum absolute atomic E-state index is 6.39. The summed E-state index contributed by atoms with van der Waals surface area (Å²) in [6, 6.07) is 50.4. The predicted octanol–water partition coefficient (Wildman–Crippen LogP) is 11.1. The fraction of sp³-hybridized carbons (Fsp3) is 0.0238. The van der Waals surface area contributed by atoms with Gasteiger partial charge in [-0.1, -0.05) is 127 Å². The van der Waals surface area contributed by atoms with Gasteiger partial charge in [0.1, 0.15) is 11.2 Å². The van der Waals surface area contributed by atoms with E-state index in [1.807, 2.05) is 12.1 Å². The normalized spacial score (nSPS) is 11.6. The molecule has 0 atom stereocenters. The maximum atomic E-state index is 6.39. The monoisotopic (exact) mass is 589 g/mol. The van der Waals surface area contributed by atoms with Crippen LogP contribution in [0.4, 0.5) is 0 Å². The van der Waals surface area contributed by atoms with Gasteiger partial charge < -0.3 is 4.42 Å². The SMILES string of the molecule is Cc1cccc2oc3c(-c4ccc(-c5nc(-c6ccc7ccccc7c6)nc(-c6ccc7ccccc7c6)n5)cc4)cccc3c12. The predicted molar refractivity (Wildman–Crippen MR) is 189 cm³/mol. The lowest BCUT2D eigenvalue weighted by molar-refractivity contribution is 0.670. The highest BCUT2D eigenvalue weighted by Gasteiger charge is 2.16. The van der Waals surface area contributed by atoms with Gasteiger partial charge in [-0.2, -0.15) is 0 Å². The molecule has 0 spiro atoms. The number of hydrogen-bond donors (Lipinski definition) is 0. The molecule has 4 heteroatoms. The molecule has 0 amide bonds. The summed E-state index contributed by atoms with van der Waals surface area (Å²) in [4.78, 5) is 15.0. The molecule has 216 valence electrons. The van der Waals surface area contributed by atoms with Crippen molar-refractivity contribution in [1.29, 1.82) is 0 Å². The molecule has 9 rings (SSSR count). The van der Waals surface area contributed by atoms with Crippen LogP contribution in [0.2, 0.25) is 0 Å². The first-order chi connectivity index (χ1) is 22.7. The Morgan fingerprint density at radius 2 is 0.957 bits per heavy atom. The van der Waals surface area contributed by atoms with Crippen molar-refractivity contribution in [3.63, 3.8) is 0 Å². The topological polar surface area (TPSA) is 51.8 Å². The summed E-state index contributed by atoms with van der Waals surface area (Å²) < 4.78 is 6.39. The van der Waals surface area contributed by atoms with E-state index in [-0.39, 0.29) is 0 Å². The Morgan fingerprint density at radius 3 is 1.59 bits per heavy atom. The summed E-state index contributed by atoms with van der Waals surface area (Å²) in [6.07, 6.45) is 0. The van der Waals surface area contributed by atoms with Crippen LogP contribution < -0.4 is 0 Å². The second-order valence-corrected chi connectivity index (χ2v) is 11.7. The van der Waals surface area contributed by atoms with Crippen molar-refractivity contribution in [3.8, 4) is 45.3 Å². The van der Waals surface area contributed by atoms with Crippen molar-refractivity contribution in [1.82, 2.24) is 15.0 Å². The fourth-order valence-corrected chi connectivity index (χ4v) is 6.47. The Kier molecular flexibility index (Phi) is 6.00. The molecule has 0 saturated heterocycles. The van der Waals surface area contributed by atoms with E-state index in [4.69, 9.17) is 19.4 Å². The van der Waals surface area contributed by atoms with E-state index in [9.17, 15) is 0 Å². The van der Waals surface area contributed by atoms with E-state index in [0.717, 1.165) is 55.1 Å². The molecule has 0 aliphatic carbocycles. The van der Waals surface area contributed by atoms with Crippen molar-refractivity contribution >= 4 is 43.5 Å². The van der Waals surface area contributed by atoms with Gasteiger partial charge in [0.25, 0.3) is 0 Å². The second kappa shape index (κ2) is 10.5. The van der Waals surface area contributed by atoms with Crippen LogP contribution in [0.15, 0.2) is 150 Å². The molecule has 0 radical (unpaired) electrons. The maximum Gasteiger partial charge on any atom is 0.164 e. The molecule has 0 aliphatic heterocycles. The van der Waals surface area contributed by atoms with Gasteiger partial charge in [-0.3, -0.25) is 0 Å². The van der Waals surface area contributed by atoms with Crippen LogP contribution in [0.3, 0.4) is 0 Å². The molecule has 7 aromatic carbocycles. The van der Waals surface area contributed by atoms with Gasteiger partial charge in [0.15, 0.2) is 17.5 Å². The largest absolute Gasteiger partial charge is 0.455 e. The van der Waals surface area contributed by atoms with Crippen molar-refractivity contribution in [3.05, 3.63) is 151 Å². The summed E-state index contributed by atoms with van der Waals surface area (Å²) in [6.45, 7) is 2.13. The molecular formula is C42H27N3O. The third kappa shape index (κ3) is 4.42. The summed E-state index contributed by atoms with van der Waals surface area (Å²) in [5.74, 6) is 1.92. The van der Waals surface area contributed by atoms with Crippen molar-refractivity contribution < 1.29 is 4.42 Å². The lowest BCUT2D eigenvalue weighted by atomic mass is 10.00. The molecule has 0 saturated carbocycles. The molecular weight excluding hydrogens is 562 g/mol. The molecule has 2 aromatic heterocycles. The molecule has 46 heavy (non-hydrogen) atoms. The highest BCUT2D eigenvalue weighted by atomic mass is 16.3.